The van der Waals surface area contributed by atoms with Crippen LogP contribution in [0.15, 0.2) is 36.4 Å². The molecule has 2 aliphatic rings. The molecule has 0 radical (unpaired) electrons. The zero-order valence-corrected chi connectivity index (χ0v) is 25.4. The summed E-state index contributed by atoms with van der Waals surface area (Å²) in [5, 5.41) is 0. The highest BCUT2D eigenvalue weighted by molar-refractivity contribution is 5.69. The van der Waals surface area contributed by atoms with E-state index in [-0.39, 0.29) is 0 Å². The molecule has 0 aromatic heterocycles. The highest BCUT2D eigenvalue weighted by atomic mass is 16.5. The predicted octanol–water partition coefficient (Wildman–Crippen LogP) is 11.6. The molecule has 1 heteroatoms. The summed E-state index contributed by atoms with van der Waals surface area (Å²) in [6, 6.07) is 13.8. The second-order valence-corrected chi connectivity index (χ2v) is 13.0. The Hall–Kier alpha value is -1.76. The highest BCUT2D eigenvalue weighted by Crippen LogP contribution is 2.53. The van der Waals surface area contributed by atoms with Crippen LogP contribution >= 0.6 is 0 Å². The number of rotatable bonds is 12. The molecule has 1 nitrogen and oxygen atoms in total. The highest BCUT2D eigenvalue weighted by Gasteiger charge is 2.41. The first-order valence-corrected chi connectivity index (χ1v) is 16.3. The van der Waals surface area contributed by atoms with Gasteiger partial charge in [-0.15, -0.1) is 0 Å². The molecule has 0 heterocycles. The minimum Gasteiger partial charge on any atom is -0.494 e. The first kappa shape index (κ1) is 29.2. The summed E-state index contributed by atoms with van der Waals surface area (Å²) >= 11 is 0. The van der Waals surface area contributed by atoms with Crippen molar-refractivity contribution in [3.8, 4) is 16.9 Å². The quantitative estimate of drug-likeness (QED) is 0.255. The molecule has 2 aromatic carbocycles. The van der Waals surface area contributed by atoms with Crippen molar-refractivity contribution in [3.05, 3.63) is 53.1 Å². The van der Waals surface area contributed by atoms with Crippen LogP contribution in [0, 0.1) is 31.1 Å². The van der Waals surface area contributed by atoms with E-state index in [9.17, 15) is 0 Å². The van der Waals surface area contributed by atoms with Gasteiger partial charge in [-0.05, 0) is 128 Å². The Morgan fingerprint density at radius 3 is 2.21 bits per heavy atom. The molecule has 0 spiro atoms. The normalized spacial score (nSPS) is 22.2. The van der Waals surface area contributed by atoms with Gasteiger partial charge in [-0.25, -0.2) is 0 Å². The Morgan fingerprint density at radius 2 is 1.55 bits per heavy atom. The molecule has 0 saturated heterocycles. The van der Waals surface area contributed by atoms with Gasteiger partial charge in [0.05, 0.1) is 6.61 Å². The molecule has 0 N–H and O–H groups in total. The van der Waals surface area contributed by atoms with Crippen LogP contribution in [0.4, 0.5) is 0 Å². The summed E-state index contributed by atoms with van der Waals surface area (Å²) in [6.07, 6.45) is 21.4. The molecule has 0 bridgehead atoms. The lowest BCUT2D eigenvalue weighted by molar-refractivity contribution is 0.0409. The second kappa shape index (κ2) is 14.0. The van der Waals surface area contributed by atoms with Gasteiger partial charge < -0.3 is 4.74 Å². The summed E-state index contributed by atoms with van der Waals surface area (Å²) < 4.78 is 5.94. The Balaban J connectivity index is 1.39. The molecule has 0 aliphatic heterocycles. The number of benzene rings is 2. The number of ether oxygens (including phenoxy) is 1. The molecule has 0 amide bonds. The van der Waals surface area contributed by atoms with Crippen LogP contribution < -0.4 is 4.74 Å². The number of unbranched alkanes of at least 4 members (excludes halogenated alkanes) is 3. The van der Waals surface area contributed by atoms with Crippen molar-refractivity contribution in [1.82, 2.24) is 0 Å². The number of aryl methyl sites for hydroxylation is 2. The Morgan fingerprint density at radius 1 is 0.816 bits per heavy atom. The van der Waals surface area contributed by atoms with E-state index in [1.54, 1.807) is 5.56 Å². The molecule has 1 atom stereocenters. The van der Waals surface area contributed by atoms with Crippen molar-refractivity contribution in [2.75, 3.05) is 6.61 Å². The van der Waals surface area contributed by atoms with Crippen LogP contribution in [-0.2, 0) is 0 Å². The molecule has 2 aromatic rings. The summed E-state index contributed by atoms with van der Waals surface area (Å²) in [5.74, 6) is 3.48. The van der Waals surface area contributed by atoms with Crippen molar-refractivity contribution in [3.63, 3.8) is 0 Å². The number of hydrogen-bond donors (Lipinski definition) is 0. The van der Waals surface area contributed by atoms with Crippen LogP contribution in [0.3, 0.4) is 0 Å². The third-order valence-corrected chi connectivity index (χ3v) is 10.5. The smallest absolute Gasteiger partial charge is 0.119 e. The lowest BCUT2D eigenvalue weighted by atomic mass is 9.58. The predicted molar refractivity (Wildman–Crippen MR) is 165 cm³/mol. The SMILES string of the molecule is CCCCCC1(C2CCC(C(C)c3ccc(-c4ccc(OCCCC)cc4C)cc3C)CC2)CCCCC1. The zero-order chi connectivity index (χ0) is 27.0. The summed E-state index contributed by atoms with van der Waals surface area (Å²) in [4.78, 5) is 0. The fraction of sp³-hybridized carbons (Fsp3) is 0.676. The van der Waals surface area contributed by atoms with Crippen molar-refractivity contribution in [2.45, 2.75) is 137 Å². The van der Waals surface area contributed by atoms with E-state index in [1.165, 1.54) is 112 Å². The Bertz CT molecular complexity index is 990. The van der Waals surface area contributed by atoms with E-state index in [0.717, 1.165) is 30.6 Å². The fourth-order valence-electron chi connectivity index (χ4n) is 8.07. The third-order valence-electron chi connectivity index (χ3n) is 10.5. The van der Waals surface area contributed by atoms with E-state index >= 15 is 0 Å². The van der Waals surface area contributed by atoms with Crippen LogP contribution in [0.5, 0.6) is 5.75 Å². The first-order chi connectivity index (χ1) is 18.5. The van der Waals surface area contributed by atoms with Crippen molar-refractivity contribution in [2.24, 2.45) is 17.3 Å². The maximum absolute atomic E-state index is 5.94. The van der Waals surface area contributed by atoms with Gasteiger partial charge >= 0.3 is 0 Å². The van der Waals surface area contributed by atoms with Gasteiger partial charge in [0.1, 0.15) is 5.75 Å². The maximum Gasteiger partial charge on any atom is 0.119 e. The molecule has 1 unspecified atom stereocenters. The first-order valence-electron chi connectivity index (χ1n) is 16.3. The van der Waals surface area contributed by atoms with Gasteiger partial charge in [0.2, 0.25) is 0 Å². The summed E-state index contributed by atoms with van der Waals surface area (Å²) in [5.41, 5.74) is 7.69. The van der Waals surface area contributed by atoms with Gasteiger partial charge in [0, 0.05) is 0 Å². The van der Waals surface area contributed by atoms with Gasteiger partial charge in [0.15, 0.2) is 0 Å². The van der Waals surface area contributed by atoms with E-state index < -0.39 is 0 Å². The van der Waals surface area contributed by atoms with Gasteiger partial charge in [-0.3, -0.25) is 0 Å². The van der Waals surface area contributed by atoms with Gasteiger partial charge in [-0.2, -0.15) is 0 Å². The third kappa shape index (κ3) is 7.05. The topological polar surface area (TPSA) is 9.23 Å². The molecule has 2 saturated carbocycles. The Labute approximate surface area is 235 Å². The van der Waals surface area contributed by atoms with Crippen LogP contribution in [0.1, 0.15) is 140 Å². The molecule has 210 valence electrons. The monoisotopic (exact) mass is 516 g/mol. The van der Waals surface area contributed by atoms with Crippen molar-refractivity contribution < 1.29 is 4.74 Å². The maximum atomic E-state index is 5.94. The molecule has 2 aliphatic carbocycles. The zero-order valence-electron chi connectivity index (χ0n) is 25.4. The second-order valence-electron chi connectivity index (χ2n) is 13.0. The van der Waals surface area contributed by atoms with Gasteiger partial charge in [-0.1, -0.05) is 90.0 Å². The van der Waals surface area contributed by atoms with E-state index in [2.05, 4.69) is 71.0 Å². The fourth-order valence-corrected chi connectivity index (χ4v) is 8.07. The van der Waals surface area contributed by atoms with Crippen molar-refractivity contribution in [1.29, 1.82) is 0 Å². The summed E-state index contributed by atoms with van der Waals surface area (Å²) in [7, 11) is 0. The molecular formula is C37H56O. The molecule has 2 fully saturated rings. The largest absolute Gasteiger partial charge is 0.494 e. The number of hydrogen-bond acceptors (Lipinski definition) is 1. The standard InChI is InChI=1S/C37H56O/c1-6-8-11-22-37(23-12-10-13-24-37)33-17-14-31(15-18-33)30(5)35-20-16-32(26-28(35)3)36-21-19-34(27-29(36)4)38-25-9-7-2/h16,19-21,26-27,30-31,33H,6-15,17-18,22-25H2,1-5H3. The van der Waals surface area contributed by atoms with Crippen molar-refractivity contribution >= 4 is 0 Å². The minimum absolute atomic E-state index is 0.655. The lowest BCUT2D eigenvalue weighted by Gasteiger charge is -2.47. The van der Waals surface area contributed by atoms with E-state index in [1.807, 2.05) is 0 Å². The lowest BCUT2D eigenvalue weighted by Crippen LogP contribution is -2.36. The van der Waals surface area contributed by atoms with Gasteiger partial charge in [0.25, 0.3) is 0 Å². The molecule has 38 heavy (non-hydrogen) atoms. The van der Waals surface area contributed by atoms with Crippen LogP contribution in [0.25, 0.3) is 11.1 Å². The molecule has 4 rings (SSSR count). The Kier molecular flexibility index (Phi) is 10.8. The minimum atomic E-state index is 0.655. The van der Waals surface area contributed by atoms with E-state index in [4.69, 9.17) is 4.74 Å². The van der Waals surface area contributed by atoms with E-state index in [0.29, 0.717) is 11.3 Å². The van der Waals surface area contributed by atoms with Crippen LogP contribution in [-0.4, -0.2) is 6.61 Å². The summed E-state index contributed by atoms with van der Waals surface area (Å²) in [6.45, 7) is 12.4. The average molecular weight is 517 g/mol. The average Bonchev–Trinajstić information content (AvgIpc) is 2.94. The van der Waals surface area contributed by atoms with Crippen LogP contribution in [0.2, 0.25) is 0 Å². The molecular weight excluding hydrogens is 460 g/mol.